The topological polar surface area (TPSA) is 76.1 Å². The fourth-order valence-corrected chi connectivity index (χ4v) is 2.76. The Hall–Kier alpha value is -2.47. The molecule has 2 N–H and O–H groups in total. The van der Waals surface area contributed by atoms with Crippen LogP contribution in [0.5, 0.6) is 11.6 Å². The van der Waals surface area contributed by atoms with Crippen molar-refractivity contribution < 1.29 is 9.53 Å². The Bertz CT molecular complexity index is 684. The molecule has 2 heterocycles. The van der Waals surface area contributed by atoms with Crippen molar-refractivity contribution in [2.24, 2.45) is 5.41 Å². The highest BCUT2D eigenvalue weighted by Gasteiger charge is 2.27. The van der Waals surface area contributed by atoms with Gasteiger partial charge in [0.05, 0.1) is 6.20 Å². The van der Waals surface area contributed by atoms with Crippen molar-refractivity contribution in [3.8, 4) is 11.6 Å². The number of aromatic nitrogens is 2. The highest BCUT2D eigenvalue weighted by atomic mass is 16.5. The molecule has 24 heavy (non-hydrogen) atoms. The minimum Gasteiger partial charge on any atom is -0.437 e. The molecule has 1 aliphatic heterocycles. The summed E-state index contributed by atoms with van der Waals surface area (Å²) in [5, 5.41) is 6.40. The van der Waals surface area contributed by atoms with Crippen LogP contribution < -0.4 is 15.4 Å². The Morgan fingerprint density at radius 1 is 1.33 bits per heavy atom. The molecular weight excluding hydrogens is 304 g/mol. The first-order chi connectivity index (χ1) is 11.6. The van der Waals surface area contributed by atoms with Gasteiger partial charge in [-0.3, -0.25) is 9.78 Å². The number of nitrogens with one attached hydrogen (secondary N) is 2. The van der Waals surface area contributed by atoms with E-state index in [1.54, 1.807) is 36.7 Å². The molecule has 0 atom stereocenters. The van der Waals surface area contributed by atoms with Gasteiger partial charge >= 0.3 is 0 Å². The number of ether oxygens (including phenoxy) is 1. The fraction of sp³-hybridized carbons (Fsp3) is 0.389. The summed E-state index contributed by atoms with van der Waals surface area (Å²) in [7, 11) is 0. The van der Waals surface area contributed by atoms with Gasteiger partial charge in [-0.05, 0) is 49.5 Å². The molecule has 3 rings (SSSR count). The fourth-order valence-electron chi connectivity index (χ4n) is 2.76. The minimum absolute atomic E-state index is 0.0839. The molecule has 0 spiro atoms. The van der Waals surface area contributed by atoms with Crippen molar-refractivity contribution in [1.29, 1.82) is 0 Å². The number of hydrogen-bond donors (Lipinski definition) is 2. The molecule has 0 bridgehead atoms. The van der Waals surface area contributed by atoms with Crippen molar-refractivity contribution in [3.63, 3.8) is 0 Å². The monoisotopic (exact) mass is 326 g/mol. The molecule has 0 saturated carbocycles. The van der Waals surface area contributed by atoms with Crippen LogP contribution in [0.1, 0.15) is 30.1 Å². The number of piperidine rings is 1. The Morgan fingerprint density at radius 2 is 2.17 bits per heavy atom. The number of carbonyl (C=O) groups is 1. The van der Waals surface area contributed by atoms with E-state index in [2.05, 4.69) is 27.5 Å². The summed E-state index contributed by atoms with van der Waals surface area (Å²) < 4.78 is 5.62. The lowest BCUT2D eigenvalue weighted by molar-refractivity contribution is 0.0922. The van der Waals surface area contributed by atoms with E-state index >= 15 is 0 Å². The van der Waals surface area contributed by atoms with E-state index in [0.717, 1.165) is 25.9 Å². The highest BCUT2D eigenvalue weighted by Crippen LogP contribution is 2.27. The normalized spacial score (nSPS) is 16.4. The molecule has 0 radical (unpaired) electrons. The molecule has 6 nitrogen and oxygen atoms in total. The van der Waals surface area contributed by atoms with Crippen LogP contribution in [0.4, 0.5) is 0 Å². The number of rotatable bonds is 5. The second-order valence-electron chi connectivity index (χ2n) is 6.42. The Morgan fingerprint density at radius 3 is 2.92 bits per heavy atom. The van der Waals surface area contributed by atoms with Crippen LogP contribution in [-0.2, 0) is 0 Å². The van der Waals surface area contributed by atoms with E-state index in [9.17, 15) is 4.79 Å². The first-order valence-corrected chi connectivity index (χ1v) is 8.18. The predicted molar refractivity (Wildman–Crippen MR) is 91.1 cm³/mol. The van der Waals surface area contributed by atoms with Crippen LogP contribution >= 0.6 is 0 Å². The summed E-state index contributed by atoms with van der Waals surface area (Å²) in [5.74, 6) is 0.882. The third-order valence-corrected chi connectivity index (χ3v) is 4.34. The lowest BCUT2D eigenvalue weighted by atomic mass is 9.81. The summed E-state index contributed by atoms with van der Waals surface area (Å²) in [6.07, 6.45) is 6.82. The molecule has 1 fully saturated rings. The second-order valence-corrected chi connectivity index (χ2v) is 6.42. The lowest BCUT2D eigenvalue weighted by Gasteiger charge is -2.34. The average molecular weight is 326 g/mol. The SMILES string of the molecule is CC1(CNC(=O)c2cccc(Oc3cnccn3)c2)CCNCC1. The van der Waals surface area contributed by atoms with Gasteiger partial charge in [-0.2, -0.15) is 0 Å². The van der Waals surface area contributed by atoms with Gasteiger partial charge in [0, 0.05) is 24.5 Å². The molecule has 1 aliphatic rings. The molecule has 0 unspecified atom stereocenters. The standard InChI is InChI=1S/C18H22N4O2/c1-18(5-7-19-8-6-18)13-22-17(23)14-3-2-4-15(11-14)24-16-12-20-9-10-21-16/h2-4,9-12,19H,5-8,13H2,1H3,(H,22,23). The molecule has 1 aromatic carbocycles. The molecule has 6 heteroatoms. The summed E-state index contributed by atoms with van der Waals surface area (Å²) >= 11 is 0. The molecule has 126 valence electrons. The smallest absolute Gasteiger partial charge is 0.251 e. The van der Waals surface area contributed by atoms with E-state index < -0.39 is 0 Å². The Labute approximate surface area is 141 Å². The quantitative estimate of drug-likeness (QED) is 0.882. The van der Waals surface area contributed by atoms with Crippen LogP contribution in [0.25, 0.3) is 0 Å². The molecular formula is C18H22N4O2. The molecule has 0 aliphatic carbocycles. The number of benzene rings is 1. The lowest BCUT2D eigenvalue weighted by Crippen LogP contribution is -2.42. The third kappa shape index (κ3) is 4.29. The molecule has 1 aromatic heterocycles. The molecule has 1 amide bonds. The predicted octanol–water partition coefficient (Wildman–Crippen LogP) is 2.39. The highest BCUT2D eigenvalue weighted by molar-refractivity contribution is 5.94. The van der Waals surface area contributed by atoms with E-state index in [1.807, 2.05) is 0 Å². The first-order valence-electron chi connectivity index (χ1n) is 8.18. The van der Waals surface area contributed by atoms with Crippen molar-refractivity contribution in [2.45, 2.75) is 19.8 Å². The number of hydrogen-bond acceptors (Lipinski definition) is 5. The molecule has 2 aromatic rings. The van der Waals surface area contributed by atoms with Gasteiger partial charge in [0.15, 0.2) is 0 Å². The second kappa shape index (κ2) is 7.40. The Kier molecular flexibility index (Phi) is 5.05. The zero-order valence-corrected chi connectivity index (χ0v) is 13.8. The van der Waals surface area contributed by atoms with Crippen molar-refractivity contribution in [3.05, 3.63) is 48.4 Å². The van der Waals surface area contributed by atoms with Crippen LogP contribution in [0.2, 0.25) is 0 Å². The van der Waals surface area contributed by atoms with Gasteiger partial charge in [0.1, 0.15) is 5.75 Å². The largest absolute Gasteiger partial charge is 0.437 e. The van der Waals surface area contributed by atoms with E-state index in [1.165, 1.54) is 6.20 Å². The molecule has 1 saturated heterocycles. The van der Waals surface area contributed by atoms with Gasteiger partial charge < -0.3 is 15.4 Å². The van der Waals surface area contributed by atoms with Gasteiger partial charge in [-0.25, -0.2) is 4.98 Å². The van der Waals surface area contributed by atoms with Gasteiger partial charge in [-0.15, -0.1) is 0 Å². The zero-order chi connectivity index (χ0) is 16.8. The van der Waals surface area contributed by atoms with Crippen LogP contribution in [-0.4, -0.2) is 35.5 Å². The average Bonchev–Trinajstić information content (AvgIpc) is 2.61. The Balaban J connectivity index is 1.61. The first kappa shape index (κ1) is 16.4. The summed E-state index contributed by atoms with van der Waals surface area (Å²) in [6, 6.07) is 7.09. The maximum absolute atomic E-state index is 12.4. The van der Waals surface area contributed by atoms with Crippen LogP contribution in [0, 0.1) is 5.41 Å². The van der Waals surface area contributed by atoms with Crippen LogP contribution in [0.15, 0.2) is 42.9 Å². The maximum Gasteiger partial charge on any atom is 0.251 e. The van der Waals surface area contributed by atoms with E-state index in [0.29, 0.717) is 23.7 Å². The number of carbonyl (C=O) groups excluding carboxylic acids is 1. The zero-order valence-electron chi connectivity index (χ0n) is 13.8. The van der Waals surface area contributed by atoms with Gasteiger partial charge in [0.25, 0.3) is 5.91 Å². The van der Waals surface area contributed by atoms with Crippen molar-refractivity contribution in [2.75, 3.05) is 19.6 Å². The summed E-state index contributed by atoms with van der Waals surface area (Å²) in [6.45, 7) is 4.92. The maximum atomic E-state index is 12.4. The summed E-state index contributed by atoms with van der Waals surface area (Å²) in [5.41, 5.74) is 0.739. The van der Waals surface area contributed by atoms with Gasteiger partial charge in [-0.1, -0.05) is 13.0 Å². The number of amides is 1. The van der Waals surface area contributed by atoms with E-state index in [4.69, 9.17) is 4.74 Å². The van der Waals surface area contributed by atoms with Crippen LogP contribution in [0.3, 0.4) is 0 Å². The minimum atomic E-state index is -0.0839. The van der Waals surface area contributed by atoms with Crippen molar-refractivity contribution >= 4 is 5.91 Å². The van der Waals surface area contributed by atoms with Gasteiger partial charge in [0.2, 0.25) is 5.88 Å². The summed E-state index contributed by atoms with van der Waals surface area (Å²) in [4.78, 5) is 20.4. The number of nitrogens with zero attached hydrogens (tertiary/aromatic N) is 2. The third-order valence-electron chi connectivity index (χ3n) is 4.34. The van der Waals surface area contributed by atoms with Crippen molar-refractivity contribution in [1.82, 2.24) is 20.6 Å². The van der Waals surface area contributed by atoms with E-state index in [-0.39, 0.29) is 11.3 Å².